The Kier molecular flexibility index (Phi) is 6.37. The summed E-state index contributed by atoms with van der Waals surface area (Å²) in [6.07, 6.45) is 4.58. The van der Waals surface area contributed by atoms with E-state index >= 15 is 0 Å². The summed E-state index contributed by atoms with van der Waals surface area (Å²) in [5.74, 6) is -0.00480. The van der Waals surface area contributed by atoms with Gasteiger partial charge in [-0.15, -0.1) is 0 Å². The SMILES string of the molecule is CC1(C(=O)N2CCCCC2CCO)CCCN1C(=O)OCc1ccccc1. The summed E-state index contributed by atoms with van der Waals surface area (Å²) in [5.41, 5.74) is 0.0656. The third-order valence-corrected chi connectivity index (χ3v) is 5.88. The molecule has 0 saturated carbocycles. The molecule has 0 radical (unpaired) electrons. The van der Waals surface area contributed by atoms with Gasteiger partial charge in [0, 0.05) is 25.7 Å². The number of aliphatic hydroxyl groups excluding tert-OH is 1. The molecule has 6 nitrogen and oxygen atoms in total. The second-order valence-corrected chi connectivity index (χ2v) is 7.73. The molecule has 2 amide bonds. The van der Waals surface area contributed by atoms with Crippen LogP contribution >= 0.6 is 0 Å². The fraction of sp³-hybridized carbons (Fsp3) is 0.619. The molecule has 0 bridgehead atoms. The highest BCUT2D eigenvalue weighted by Gasteiger charge is 2.49. The number of carbonyl (C=O) groups is 2. The zero-order valence-corrected chi connectivity index (χ0v) is 16.1. The highest BCUT2D eigenvalue weighted by Crippen LogP contribution is 2.34. The molecule has 2 heterocycles. The minimum atomic E-state index is -0.862. The molecule has 1 aromatic carbocycles. The average molecular weight is 374 g/mol. The van der Waals surface area contributed by atoms with E-state index < -0.39 is 11.6 Å². The van der Waals surface area contributed by atoms with Gasteiger partial charge in [-0.1, -0.05) is 30.3 Å². The van der Waals surface area contributed by atoms with Crippen molar-refractivity contribution in [1.29, 1.82) is 0 Å². The zero-order chi connectivity index (χ0) is 19.3. The number of ether oxygens (including phenoxy) is 1. The number of likely N-dealkylation sites (tertiary alicyclic amines) is 2. The minimum absolute atomic E-state index is 0.00480. The number of carbonyl (C=O) groups excluding carboxylic acids is 2. The van der Waals surface area contributed by atoms with Crippen LogP contribution in [0.1, 0.15) is 51.0 Å². The molecule has 0 aromatic heterocycles. The lowest BCUT2D eigenvalue weighted by Crippen LogP contribution is -2.59. The first-order chi connectivity index (χ1) is 13.1. The van der Waals surface area contributed by atoms with Gasteiger partial charge in [-0.25, -0.2) is 4.79 Å². The van der Waals surface area contributed by atoms with Gasteiger partial charge in [-0.3, -0.25) is 9.69 Å². The normalized spacial score (nSPS) is 25.5. The summed E-state index contributed by atoms with van der Waals surface area (Å²) >= 11 is 0. The maximum atomic E-state index is 13.4. The van der Waals surface area contributed by atoms with Crippen molar-refractivity contribution in [2.24, 2.45) is 0 Å². The van der Waals surface area contributed by atoms with Crippen molar-refractivity contribution in [1.82, 2.24) is 9.80 Å². The molecule has 2 unspecified atom stereocenters. The number of hydrogen-bond donors (Lipinski definition) is 1. The molecule has 2 saturated heterocycles. The van der Waals surface area contributed by atoms with E-state index in [-0.39, 0.29) is 25.2 Å². The Morgan fingerprint density at radius 2 is 1.96 bits per heavy atom. The van der Waals surface area contributed by atoms with E-state index in [1.54, 1.807) is 4.90 Å². The molecule has 0 aliphatic carbocycles. The second kappa shape index (κ2) is 8.74. The van der Waals surface area contributed by atoms with E-state index in [1.807, 2.05) is 42.2 Å². The van der Waals surface area contributed by atoms with Gasteiger partial charge in [-0.2, -0.15) is 0 Å². The van der Waals surface area contributed by atoms with Crippen LogP contribution in [0.2, 0.25) is 0 Å². The summed E-state index contributed by atoms with van der Waals surface area (Å²) < 4.78 is 5.50. The quantitative estimate of drug-likeness (QED) is 0.860. The smallest absolute Gasteiger partial charge is 0.410 e. The van der Waals surface area contributed by atoms with Crippen LogP contribution in [-0.4, -0.2) is 58.2 Å². The number of amides is 2. The van der Waals surface area contributed by atoms with Crippen LogP contribution in [0.3, 0.4) is 0 Å². The lowest BCUT2D eigenvalue weighted by atomic mass is 9.92. The van der Waals surface area contributed by atoms with Crippen molar-refractivity contribution < 1.29 is 19.4 Å². The predicted octanol–water partition coefficient (Wildman–Crippen LogP) is 2.94. The Hall–Kier alpha value is -2.08. The van der Waals surface area contributed by atoms with Gasteiger partial charge in [-0.05, 0) is 51.0 Å². The number of piperidine rings is 1. The number of nitrogens with zero attached hydrogens (tertiary/aromatic N) is 2. The van der Waals surface area contributed by atoms with Crippen molar-refractivity contribution in [3.05, 3.63) is 35.9 Å². The fourth-order valence-corrected chi connectivity index (χ4v) is 4.30. The van der Waals surface area contributed by atoms with Crippen LogP contribution in [0.4, 0.5) is 4.79 Å². The van der Waals surface area contributed by atoms with Crippen LogP contribution in [0.5, 0.6) is 0 Å². The highest BCUT2D eigenvalue weighted by atomic mass is 16.6. The van der Waals surface area contributed by atoms with Crippen molar-refractivity contribution in [3.8, 4) is 0 Å². The molecular weight excluding hydrogens is 344 g/mol. The Bertz CT molecular complexity index is 649. The van der Waals surface area contributed by atoms with E-state index in [2.05, 4.69) is 0 Å². The van der Waals surface area contributed by atoms with E-state index in [0.29, 0.717) is 25.9 Å². The van der Waals surface area contributed by atoms with E-state index in [9.17, 15) is 14.7 Å². The minimum Gasteiger partial charge on any atom is -0.445 e. The maximum Gasteiger partial charge on any atom is 0.410 e. The molecular formula is C21H30N2O4. The summed E-state index contributed by atoms with van der Waals surface area (Å²) in [4.78, 5) is 29.6. The van der Waals surface area contributed by atoms with Gasteiger partial charge in [0.2, 0.25) is 5.91 Å². The van der Waals surface area contributed by atoms with E-state index in [1.165, 1.54) is 0 Å². The van der Waals surface area contributed by atoms with Gasteiger partial charge in [0.05, 0.1) is 0 Å². The summed E-state index contributed by atoms with van der Waals surface area (Å²) in [5, 5.41) is 9.34. The van der Waals surface area contributed by atoms with E-state index in [4.69, 9.17) is 4.74 Å². The molecule has 3 rings (SSSR count). The largest absolute Gasteiger partial charge is 0.445 e. The Labute approximate surface area is 161 Å². The molecule has 6 heteroatoms. The molecule has 27 heavy (non-hydrogen) atoms. The molecule has 2 fully saturated rings. The van der Waals surface area contributed by atoms with Crippen LogP contribution in [0, 0.1) is 0 Å². The first-order valence-corrected chi connectivity index (χ1v) is 9.96. The van der Waals surface area contributed by atoms with Crippen molar-refractivity contribution in [2.45, 2.75) is 63.6 Å². The van der Waals surface area contributed by atoms with Gasteiger partial charge in [0.15, 0.2) is 0 Å². The van der Waals surface area contributed by atoms with Gasteiger partial charge in [0.1, 0.15) is 12.1 Å². The Balaban J connectivity index is 1.68. The summed E-state index contributed by atoms with van der Waals surface area (Å²) in [7, 11) is 0. The summed E-state index contributed by atoms with van der Waals surface area (Å²) in [6, 6.07) is 9.62. The van der Waals surface area contributed by atoms with Gasteiger partial charge < -0.3 is 14.7 Å². The first kappa shape index (κ1) is 19.7. The maximum absolute atomic E-state index is 13.4. The molecule has 0 spiro atoms. The molecule has 2 atom stereocenters. The second-order valence-electron chi connectivity index (χ2n) is 7.73. The molecule has 1 N–H and O–H groups in total. The molecule has 1 aromatic rings. The predicted molar refractivity (Wildman–Crippen MR) is 102 cm³/mol. The highest BCUT2D eigenvalue weighted by molar-refractivity contribution is 5.90. The van der Waals surface area contributed by atoms with Crippen LogP contribution < -0.4 is 0 Å². The van der Waals surface area contributed by atoms with Crippen LogP contribution in [0.25, 0.3) is 0 Å². The monoisotopic (exact) mass is 374 g/mol. The number of hydrogen-bond acceptors (Lipinski definition) is 4. The van der Waals surface area contributed by atoms with Crippen LogP contribution in [0.15, 0.2) is 30.3 Å². The van der Waals surface area contributed by atoms with Gasteiger partial charge >= 0.3 is 6.09 Å². The van der Waals surface area contributed by atoms with Gasteiger partial charge in [0.25, 0.3) is 0 Å². The average Bonchev–Trinajstić information content (AvgIpc) is 3.10. The zero-order valence-electron chi connectivity index (χ0n) is 16.1. The standard InChI is InChI=1S/C21H30N2O4/c1-21(19(25)22-13-6-5-10-18(22)11-15-24)12-7-14-23(21)20(26)27-16-17-8-3-2-4-9-17/h2-4,8-9,18,24H,5-7,10-16H2,1H3. The van der Waals surface area contributed by atoms with E-state index in [0.717, 1.165) is 31.2 Å². The number of benzene rings is 1. The topological polar surface area (TPSA) is 70.1 Å². The van der Waals surface area contributed by atoms with Crippen LogP contribution in [-0.2, 0) is 16.1 Å². The van der Waals surface area contributed by atoms with Crippen molar-refractivity contribution in [3.63, 3.8) is 0 Å². The Morgan fingerprint density at radius 3 is 2.70 bits per heavy atom. The third kappa shape index (κ3) is 4.26. The lowest BCUT2D eigenvalue weighted by molar-refractivity contribution is -0.145. The third-order valence-electron chi connectivity index (χ3n) is 5.88. The first-order valence-electron chi connectivity index (χ1n) is 9.96. The number of aliphatic hydroxyl groups is 1. The molecule has 2 aliphatic heterocycles. The molecule has 2 aliphatic rings. The summed E-state index contributed by atoms with van der Waals surface area (Å²) in [6.45, 7) is 3.38. The fourth-order valence-electron chi connectivity index (χ4n) is 4.30. The lowest BCUT2D eigenvalue weighted by Gasteiger charge is -2.42. The Morgan fingerprint density at radius 1 is 1.19 bits per heavy atom. The number of rotatable bonds is 5. The van der Waals surface area contributed by atoms with Crippen molar-refractivity contribution in [2.75, 3.05) is 19.7 Å². The van der Waals surface area contributed by atoms with Crippen molar-refractivity contribution >= 4 is 12.0 Å². The molecule has 148 valence electrons.